The second kappa shape index (κ2) is 7.00. The van der Waals surface area contributed by atoms with Crippen LogP contribution < -0.4 is 0 Å². The summed E-state index contributed by atoms with van der Waals surface area (Å²) in [7, 11) is 0. The van der Waals surface area contributed by atoms with E-state index in [0.29, 0.717) is 11.8 Å². The predicted molar refractivity (Wildman–Crippen MR) is 71.9 cm³/mol. The van der Waals surface area contributed by atoms with Crippen LogP contribution in [0.5, 0.6) is 0 Å². The molecular formula is C14H28N2O. The highest BCUT2D eigenvalue weighted by Gasteiger charge is 2.20. The number of carbonyl (C=O) groups is 1. The van der Waals surface area contributed by atoms with Gasteiger partial charge in [-0.05, 0) is 18.3 Å². The summed E-state index contributed by atoms with van der Waals surface area (Å²) in [4.78, 5) is 16.4. The van der Waals surface area contributed by atoms with E-state index in [4.69, 9.17) is 0 Å². The SMILES string of the molecule is CC(C)CCC(=O)N1CCN(CC(C)C)CC1. The zero-order chi connectivity index (χ0) is 12.8. The molecule has 0 aromatic heterocycles. The van der Waals surface area contributed by atoms with E-state index >= 15 is 0 Å². The molecule has 0 N–H and O–H groups in total. The van der Waals surface area contributed by atoms with E-state index in [-0.39, 0.29) is 0 Å². The van der Waals surface area contributed by atoms with E-state index in [1.807, 2.05) is 4.90 Å². The molecule has 0 unspecified atom stereocenters. The van der Waals surface area contributed by atoms with E-state index < -0.39 is 0 Å². The van der Waals surface area contributed by atoms with Crippen molar-refractivity contribution in [2.45, 2.75) is 40.5 Å². The zero-order valence-corrected chi connectivity index (χ0v) is 11.9. The van der Waals surface area contributed by atoms with Gasteiger partial charge in [0, 0.05) is 39.1 Å². The Kier molecular flexibility index (Phi) is 5.96. The first-order chi connectivity index (χ1) is 7.99. The summed E-state index contributed by atoms with van der Waals surface area (Å²) in [6.07, 6.45) is 1.74. The van der Waals surface area contributed by atoms with Crippen molar-refractivity contribution in [2.24, 2.45) is 11.8 Å². The lowest BCUT2D eigenvalue weighted by Gasteiger charge is -2.35. The van der Waals surface area contributed by atoms with Gasteiger partial charge in [0.2, 0.25) is 5.91 Å². The van der Waals surface area contributed by atoms with Crippen LogP contribution in [0.3, 0.4) is 0 Å². The first kappa shape index (κ1) is 14.5. The standard InChI is InChI=1S/C14H28N2O/c1-12(2)5-6-14(17)16-9-7-15(8-10-16)11-13(3)4/h12-13H,5-11H2,1-4H3. The van der Waals surface area contributed by atoms with E-state index in [9.17, 15) is 4.79 Å². The van der Waals surface area contributed by atoms with Gasteiger partial charge >= 0.3 is 0 Å². The number of rotatable bonds is 5. The quantitative estimate of drug-likeness (QED) is 0.735. The van der Waals surface area contributed by atoms with Gasteiger partial charge in [0.1, 0.15) is 0 Å². The molecule has 0 bridgehead atoms. The normalized spacial score (nSPS) is 18.1. The lowest BCUT2D eigenvalue weighted by Crippen LogP contribution is -2.49. The van der Waals surface area contributed by atoms with Crippen molar-refractivity contribution in [3.05, 3.63) is 0 Å². The number of piperazine rings is 1. The fourth-order valence-corrected chi connectivity index (χ4v) is 2.27. The summed E-state index contributed by atoms with van der Waals surface area (Å²) in [5.74, 6) is 1.70. The molecule has 1 rings (SSSR count). The van der Waals surface area contributed by atoms with Crippen molar-refractivity contribution in [3.8, 4) is 0 Å². The molecule has 3 nitrogen and oxygen atoms in total. The van der Waals surface area contributed by atoms with Gasteiger partial charge < -0.3 is 4.90 Å². The molecule has 0 saturated carbocycles. The zero-order valence-electron chi connectivity index (χ0n) is 11.9. The predicted octanol–water partition coefficient (Wildman–Crippen LogP) is 2.22. The van der Waals surface area contributed by atoms with Crippen molar-refractivity contribution in [3.63, 3.8) is 0 Å². The minimum atomic E-state index is 0.350. The van der Waals surface area contributed by atoms with E-state index in [0.717, 1.165) is 51.5 Å². The molecule has 0 atom stereocenters. The van der Waals surface area contributed by atoms with Gasteiger partial charge in [-0.2, -0.15) is 0 Å². The average molecular weight is 240 g/mol. The molecule has 1 amide bonds. The lowest BCUT2D eigenvalue weighted by molar-refractivity contribution is -0.133. The highest BCUT2D eigenvalue weighted by atomic mass is 16.2. The van der Waals surface area contributed by atoms with Crippen LogP contribution in [0.1, 0.15) is 40.5 Å². The third-order valence-electron chi connectivity index (χ3n) is 3.28. The molecule has 3 heteroatoms. The first-order valence-electron chi connectivity index (χ1n) is 6.99. The van der Waals surface area contributed by atoms with E-state index in [2.05, 4.69) is 32.6 Å². The van der Waals surface area contributed by atoms with Crippen molar-refractivity contribution in [1.29, 1.82) is 0 Å². The van der Waals surface area contributed by atoms with Gasteiger partial charge in [-0.1, -0.05) is 27.7 Å². The monoisotopic (exact) mass is 240 g/mol. The lowest BCUT2D eigenvalue weighted by atomic mass is 10.1. The van der Waals surface area contributed by atoms with Crippen LogP contribution in [0, 0.1) is 11.8 Å². The Hall–Kier alpha value is -0.570. The number of carbonyl (C=O) groups excluding carboxylic acids is 1. The molecule has 0 aromatic rings. The van der Waals surface area contributed by atoms with Gasteiger partial charge in [-0.25, -0.2) is 0 Å². The maximum atomic E-state index is 11.9. The molecule has 1 aliphatic heterocycles. The largest absolute Gasteiger partial charge is 0.340 e. The topological polar surface area (TPSA) is 23.6 Å². The third-order valence-corrected chi connectivity index (χ3v) is 3.28. The van der Waals surface area contributed by atoms with Crippen molar-refractivity contribution >= 4 is 5.91 Å². The summed E-state index contributed by atoms with van der Waals surface area (Å²) >= 11 is 0. The van der Waals surface area contributed by atoms with Crippen LogP contribution in [0.25, 0.3) is 0 Å². The van der Waals surface area contributed by atoms with Crippen molar-refractivity contribution in [1.82, 2.24) is 9.80 Å². The Bertz CT molecular complexity index is 230. The molecule has 0 radical (unpaired) electrons. The van der Waals surface area contributed by atoms with Crippen molar-refractivity contribution < 1.29 is 4.79 Å². The Morgan fingerprint density at radius 3 is 2.06 bits per heavy atom. The fraction of sp³-hybridized carbons (Fsp3) is 0.929. The van der Waals surface area contributed by atoms with Crippen molar-refractivity contribution in [2.75, 3.05) is 32.7 Å². The van der Waals surface area contributed by atoms with Gasteiger partial charge in [0.15, 0.2) is 0 Å². The maximum absolute atomic E-state index is 11.9. The molecule has 1 saturated heterocycles. The summed E-state index contributed by atoms with van der Waals surface area (Å²) in [6, 6.07) is 0. The van der Waals surface area contributed by atoms with Crippen LogP contribution in [0.15, 0.2) is 0 Å². The first-order valence-corrected chi connectivity index (χ1v) is 6.99. The van der Waals surface area contributed by atoms with Crippen LogP contribution in [0.2, 0.25) is 0 Å². The van der Waals surface area contributed by atoms with Gasteiger partial charge in [0.25, 0.3) is 0 Å². The van der Waals surface area contributed by atoms with Crippen LogP contribution in [-0.2, 0) is 4.79 Å². The van der Waals surface area contributed by atoms with Gasteiger partial charge in [0.05, 0.1) is 0 Å². The molecule has 0 spiro atoms. The Labute approximate surface area is 106 Å². The summed E-state index contributed by atoms with van der Waals surface area (Å²) < 4.78 is 0. The minimum absolute atomic E-state index is 0.350. The smallest absolute Gasteiger partial charge is 0.222 e. The molecule has 100 valence electrons. The highest BCUT2D eigenvalue weighted by molar-refractivity contribution is 5.76. The number of amides is 1. The molecule has 1 heterocycles. The second-order valence-corrected chi connectivity index (χ2v) is 6.01. The number of nitrogens with zero attached hydrogens (tertiary/aromatic N) is 2. The number of hydrogen-bond acceptors (Lipinski definition) is 2. The maximum Gasteiger partial charge on any atom is 0.222 e. The molecule has 1 fully saturated rings. The van der Waals surface area contributed by atoms with Crippen LogP contribution in [-0.4, -0.2) is 48.4 Å². The average Bonchev–Trinajstić information content (AvgIpc) is 2.26. The summed E-state index contributed by atoms with van der Waals surface area (Å²) in [5.41, 5.74) is 0. The molecule has 1 aliphatic rings. The Balaban J connectivity index is 2.24. The van der Waals surface area contributed by atoms with Gasteiger partial charge in [-0.15, -0.1) is 0 Å². The second-order valence-electron chi connectivity index (χ2n) is 6.01. The Morgan fingerprint density at radius 1 is 1.00 bits per heavy atom. The third kappa shape index (κ3) is 5.53. The molecule has 0 aliphatic carbocycles. The highest BCUT2D eigenvalue weighted by Crippen LogP contribution is 2.10. The van der Waals surface area contributed by atoms with Gasteiger partial charge in [-0.3, -0.25) is 9.69 Å². The summed E-state index contributed by atoms with van der Waals surface area (Å²) in [6.45, 7) is 13.9. The Morgan fingerprint density at radius 2 is 1.59 bits per heavy atom. The van der Waals surface area contributed by atoms with E-state index in [1.54, 1.807) is 0 Å². The molecular weight excluding hydrogens is 212 g/mol. The van der Waals surface area contributed by atoms with E-state index in [1.165, 1.54) is 0 Å². The number of hydrogen-bond donors (Lipinski definition) is 0. The molecule has 0 aromatic carbocycles. The van der Waals surface area contributed by atoms with Crippen LogP contribution in [0.4, 0.5) is 0 Å². The molecule has 17 heavy (non-hydrogen) atoms. The summed E-state index contributed by atoms with van der Waals surface area (Å²) in [5, 5.41) is 0. The minimum Gasteiger partial charge on any atom is -0.340 e. The fourth-order valence-electron chi connectivity index (χ4n) is 2.27. The van der Waals surface area contributed by atoms with Crippen LogP contribution >= 0.6 is 0 Å².